The van der Waals surface area contributed by atoms with Gasteiger partial charge in [-0.1, -0.05) is 6.07 Å². The molecule has 0 bridgehead atoms. The van der Waals surface area contributed by atoms with Gasteiger partial charge in [0.1, 0.15) is 0 Å². The molecule has 0 amide bonds. The van der Waals surface area contributed by atoms with E-state index in [1.54, 1.807) is 14.2 Å². The number of hydrogen-bond acceptors (Lipinski definition) is 4. The quantitative estimate of drug-likeness (QED) is 0.848. The third-order valence-electron chi connectivity index (χ3n) is 3.39. The van der Waals surface area contributed by atoms with Crippen LogP contribution in [0.2, 0.25) is 0 Å². The second kappa shape index (κ2) is 7.13. The molecule has 5 heteroatoms. The Morgan fingerprint density at radius 3 is 2.57 bits per heavy atom. The molecule has 2 aromatic rings. The molecule has 0 saturated heterocycles. The molecule has 0 aliphatic rings. The first-order valence-corrected chi connectivity index (χ1v) is 7.05. The van der Waals surface area contributed by atoms with Gasteiger partial charge in [-0.2, -0.15) is 5.10 Å². The van der Waals surface area contributed by atoms with Gasteiger partial charge in [0.25, 0.3) is 0 Å². The van der Waals surface area contributed by atoms with E-state index < -0.39 is 0 Å². The van der Waals surface area contributed by atoms with Crippen molar-refractivity contribution in [3.63, 3.8) is 0 Å². The van der Waals surface area contributed by atoms with Crippen molar-refractivity contribution >= 4 is 0 Å². The molecule has 0 saturated carbocycles. The average Bonchev–Trinajstić information content (AvgIpc) is 2.90. The van der Waals surface area contributed by atoms with Crippen LogP contribution in [0.15, 0.2) is 30.5 Å². The predicted octanol–water partition coefficient (Wildman–Crippen LogP) is 2.16. The molecule has 5 nitrogen and oxygen atoms in total. The summed E-state index contributed by atoms with van der Waals surface area (Å²) in [6.45, 7) is 2.94. The first-order chi connectivity index (χ1) is 10.1. The normalized spacial score (nSPS) is 12.2. The standard InChI is InChI=1S/C16H23N3O2/c1-12(17-11-14-7-8-19(2)18-14)9-13-5-6-15(20-3)16(10-13)21-4/h5-8,10,12,17H,9,11H2,1-4H3. The van der Waals surface area contributed by atoms with Crippen molar-refractivity contribution in [3.05, 3.63) is 41.7 Å². The number of aromatic nitrogens is 2. The summed E-state index contributed by atoms with van der Waals surface area (Å²) in [6, 6.07) is 8.42. The number of methoxy groups -OCH3 is 2. The Morgan fingerprint density at radius 2 is 1.95 bits per heavy atom. The molecule has 1 heterocycles. The van der Waals surface area contributed by atoms with Crippen LogP contribution in [-0.2, 0) is 20.0 Å². The maximum Gasteiger partial charge on any atom is 0.160 e. The molecule has 114 valence electrons. The van der Waals surface area contributed by atoms with Crippen molar-refractivity contribution in [2.45, 2.75) is 25.9 Å². The van der Waals surface area contributed by atoms with Crippen LogP contribution in [-0.4, -0.2) is 30.0 Å². The second-order valence-electron chi connectivity index (χ2n) is 5.16. The lowest BCUT2D eigenvalue weighted by Gasteiger charge is -2.14. The third kappa shape index (κ3) is 4.23. The van der Waals surface area contributed by atoms with E-state index >= 15 is 0 Å². The lowest BCUT2D eigenvalue weighted by molar-refractivity contribution is 0.354. The van der Waals surface area contributed by atoms with E-state index in [0.717, 1.165) is 30.2 Å². The highest BCUT2D eigenvalue weighted by Gasteiger charge is 2.08. The number of aryl methyl sites for hydroxylation is 1. The molecule has 1 N–H and O–H groups in total. The molecule has 2 rings (SSSR count). The minimum absolute atomic E-state index is 0.352. The predicted molar refractivity (Wildman–Crippen MR) is 82.8 cm³/mol. The summed E-state index contributed by atoms with van der Waals surface area (Å²) in [7, 11) is 5.23. The van der Waals surface area contributed by atoms with Crippen LogP contribution >= 0.6 is 0 Å². The van der Waals surface area contributed by atoms with Gasteiger partial charge < -0.3 is 14.8 Å². The highest BCUT2D eigenvalue weighted by atomic mass is 16.5. The summed E-state index contributed by atoms with van der Waals surface area (Å²) in [5, 5.41) is 7.84. The molecular formula is C16H23N3O2. The molecule has 1 aromatic heterocycles. The van der Waals surface area contributed by atoms with E-state index in [-0.39, 0.29) is 0 Å². The number of rotatable bonds is 7. The van der Waals surface area contributed by atoms with Gasteiger partial charge >= 0.3 is 0 Å². The molecule has 0 aliphatic carbocycles. The van der Waals surface area contributed by atoms with Gasteiger partial charge in [0.15, 0.2) is 11.5 Å². The number of nitrogens with one attached hydrogen (secondary N) is 1. The van der Waals surface area contributed by atoms with Gasteiger partial charge in [-0.3, -0.25) is 4.68 Å². The van der Waals surface area contributed by atoms with Gasteiger partial charge in [0.05, 0.1) is 19.9 Å². The topological polar surface area (TPSA) is 48.3 Å². The van der Waals surface area contributed by atoms with Crippen molar-refractivity contribution in [3.8, 4) is 11.5 Å². The van der Waals surface area contributed by atoms with Crippen molar-refractivity contribution < 1.29 is 9.47 Å². The summed E-state index contributed by atoms with van der Waals surface area (Å²) in [5.74, 6) is 1.53. The van der Waals surface area contributed by atoms with Crippen LogP contribution in [0.1, 0.15) is 18.2 Å². The van der Waals surface area contributed by atoms with Crippen molar-refractivity contribution in [1.29, 1.82) is 0 Å². The van der Waals surface area contributed by atoms with Crippen LogP contribution in [0.3, 0.4) is 0 Å². The Kier molecular flexibility index (Phi) is 5.22. The van der Waals surface area contributed by atoms with E-state index in [4.69, 9.17) is 9.47 Å². The average molecular weight is 289 g/mol. The smallest absolute Gasteiger partial charge is 0.160 e. The van der Waals surface area contributed by atoms with Gasteiger partial charge in [-0.05, 0) is 37.1 Å². The maximum absolute atomic E-state index is 5.33. The molecule has 0 spiro atoms. The summed E-state index contributed by atoms with van der Waals surface area (Å²) >= 11 is 0. The monoisotopic (exact) mass is 289 g/mol. The van der Waals surface area contributed by atoms with Crippen LogP contribution in [0.25, 0.3) is 0 Å². The van der Waals surface area contributed by atoms with E-state index in [0.29, 0.717) is 6.04 Å². The van der Waals surface area contributed by atoms with E-state index in [1.807, 2.05) is 36.1 Å². The first-order valence-electron chi connectivity index (χ1n) is 7.05. The zero-order valence-electron chi connectivity index (χ0n) is 13.1. The van der Waals surface area contributed by atoms with Crippen LogP contribution < -0.4 is 14.8 Å². The number of benzene rings is 1. The number of nitrogens with zero attached hydrogens (tertiary/aromatic N) is 2. The molecule has 1 atom stereocenters. The van der Waals surface area contributed by atoms with Crippen molar-refractivity contribution in [2.75, 3.05) is 14.2 Å². The van der Waals surface area contributed by atoms with Gasteiger partial charge in [-0.15, -0.1) is 0 Å². The molecule has 0 radical (unpaired) electrons. The minimum Gasteiger partial charge on any atom is -0.493 e. The van der Waals surface area contributed by atoms with Gasteiger partial charge in [0.2, 0.25) is 0 Å². The Bertz CT molecular complexity index is 581. The summed E-state index contributed by atoms with van der Waals surface area (Å²) in [4.78, 5) is 0. The molecule has 0 fully saturated rings. The highest BCUT2D eigenvalue weighted by Crippen LogP contribution is 2.27. The Morgan fingerprint density at radius 1 is 1.19 bits per heavy atom. The van der Waals surface area contributed by atoms with Crippen LogP contribution in [0.4, 0.5) is 0 Å². The van der Waals surface area contributed by atoms with Crippen LogP contribution in [0, 0.1) is 0 Å². The zero-order valence-corrected chi connectivity index (χ0v) is 13.1. The number of hydrogen-bond donors (Lipinski definition) is 1. The Balaban J connectivity index is 1.91. The van der Waals surface area contributed by atoms with Crippen molar-refractivity contribution in [2.24, 2.45) is 7.05 Å². The Hall–Kier alpha value is -2.01. The van der Waals surface area contributed by atoms with E-state index in [1.165, 1.54) is 5.56 Å². The third-order valence-corrected chi connectivity index (χ3v) is 3.39. The molecule has 1 aromatic carbocycles. The lowest BCUT2D eigenvalue weighted by atomic mass is 10.1. The first kappa shape index (κ1) is 15.4. The fourth-order valence-electron chi connectivity index (χ4n) is 2.27. The zero-order chi connectivity index (χ0) is 15.2. The summed E-state index contributed by atoms with van der Waals surface area (Å²) in [5.41, 5.74) is 2.27. The van der Waals surface area contributed by atoms with Gasteiger partial charge in [0, 0.05) is 25.8 Å². The van der Waals surface area contributed by atoms with Gasteiger partial charge in [-0.25, -0.2) is 0 Å². The SMILES string of the molecule is COc1ccc(CC(C)NCc2ccn(C)n2)cc1OC. The van der Waals surface area contributed by atoms with Crippen molar-refractivity contribution in [1.82, 2.24) is 15.1 Å². The molecular weight excluding hydrogens is 266 g/mol. The molecule has 1 unspecified atom stereocenters. The summed E-state index contributed by atoms with van der Waals surface area (Å²) in [6.07, 6.45) is 2.88. The largest absolute Gasteiger partial charge is 0.493 e. The highest BCUT2D eigenvalue weighted by molar-refractivity contribution is 5.43. The second-order valence-corrected chi connectivity index (χ2v) is 5.16. The fourth-order valence-corrected chi connectivity index (χ4v) is 2.27. The minimum atomic E-state index is 0.352. The van der Waals surface area contributed by atoms with Crippen LogP contribution in [0.5, 0.6) is 11.5 Å². The summed E-state index contributed by atoms with van der Waals surface area (Å²) < 4.78 is 12.4. The van der Waals surface area contributed by atoms with E-state index in [9.17, 15) is 0 Å². The number of ether oxygens (including phenoxy) is 2. The Labute approximate surface area is 125 Å². The lowest BCUT2D eigenvalue weighted by Crippen LogP contribution is -2.27. The van der Waals surface area contributed by atoms with E-state index in [2.05, 4.69) is 23.4 Å². The maximum atomic E-state index is 5.33. The fraction of sp³-hybridized carbons (Fsp3) is 0.438. The molecule has 0 aliphatic heterocycles. The molecule has 21 heavy (non-hydrogen) atoms.